The maximum Gasteiger partial charge on any atom is 0.437 e. The molecule has 0 bridgehead atoms. The first kappa shape index (κ1) is 27.7. The zero-order valence-corrected chi connectivity index (χ0v) is 22.5. The Bertz CT molecular complexity index is 1610. The van der Waals surface area contributed by atoms with Crippen LogP contribution < -0.4 is 5.73 Å². The van der Waals surface area contributed by atoms with Gasteiger partial charge in [-0.05, 0) is 42.5 Å². The summed E-state index contributed by atoms with van der Waals surface area (Å²) in [5.41, 5.74) is 7.53. The lowest BCUT2D eigenvalue weighted by Crippen LogP contribution is -2.45. The van der Waals surface area contributed by atoms with E-state index < -0.39 is 35.4 Å². The molecule has 0 saturated heterocycles. The quantitative estimate of drug-likeness (QED) is 0.269. The highest BCUT2D eigenvalue weighted by Gasteiger charge is 2.41. The van der Waals surface area contributed by atoms with Gasteiger partial charge < -0.3 is 20.6 Å². The molecule has 1 fully saturated rings. The predicted molar refractivity (Wildman–Crippen MR) is 143 cm³/mol. The molecule has 0 spiro atoms. The fourth-order valence-electron chi connectivity index (χ4n) is 6.14. The summed E-state index contributed by atoms with van der Waals surface area (Å²) in [4.78, 5) is 32.6. The van der Waals surface area contributed by atoms with Gasteiger partial charge in [0.2, 0.25) is 5.91 Å². The Morgan fingerprint density at radius 2 is 1.93 bits per heavy atom. The summed E-state index contributed by atoms with van der Waals surface area (Å²) in [6, 6.07) is 3.52. The molecule has 3 N–H and O–H groups in total. The van der Waals surface area contributed by atoms with Crippen LogP contribution in [0.5, 0.6) is 5.75 Å². The van der Waals surface area contributed by atoms with Crippen LogP contribution in [0.2, 0.25) is 0 Å². The van der Waals surface area contributed by atoms with E-state index in [1.807, 2.05) is 0 Å². The second-order valence-electron chi connectivity index (χ2n) is 10.8. The highest BCUT2D eigenvalue weighted by molar-refractivity contribution is 5.95. The first-order valence-electron chi connectivity index (χ1n) is 13.7. The average molecular weight is 585 g/mol. The highest BCUT2D eigenvalue weighted by Crippen LogP contribution is 2.42. The van der Waals surface area contributed by atoms with Crippen molar-refractivity contribution < 1.29 is 32.3 Å². The van der Waals surface area contributed by atoms with E-state index in [1.165, 1.54) is 15.9 Å². The summed E-state index contributed by atoms with van der Waals surface area (Å²) in [7, 11) is 0. The second kappa shape index (κ2) is 10.1. The van der Waals surface area contributed by atoms with Crippen molar-refractivity contribution in [3.05, 3.63) is 76.6 Å². The van der Waals surface area contributed by atoms with Crippen molar-refractivity contribution >= 4 is 17.5 Å². The molecule has 0 unspecified atom stereocenters. The number of rotatable bonds is 4. The van der Waals surface area contributed by atoms with Gasteiger partial charge in [0, 0.05) is 44.2 Å². The van der Waals surface area contributed by atoms with Gasteiger partial charge in [-0.3, -0.25) is 9.59 Å². The fourth-order valence-corrected chi connectivity index (χ4v) is 6.14. The fraction of sp³-hybridized carbons (Fsp3) is 0.379. The first-order chi connectivity index (χ1) is 20.0. The number of halogens is 4. The zero-order valence-electron chi connectivity index (χ0n) is 22.5. The van der Waals surface area contributed by atoms with Gasteiger partial charge in [-0.15, -0.1) is 0 Å². The van der Waals surface area contributed by atoms with Crippen LogP contribution in [0.15, 0.2) is 37.1 Å². The minimum atomic E-state index is -4.89. The lowest BCUT2D eigenvalue weighted by atomic mass is 9.79. The standard InChI is InChI=1S/C29H28F4N6O3/c1-2-23(41)37-10-8-18-24-19(39(36-18)20-7-6-17(15-4-3-5-15)25(30)26(20)34)9-11-38(21(24)14-37)28(42)16-12-22(40)27(35-13-16)29(31,32)33/h2,6-7,12-13,15,21,40H,1,3-5,8-11,14,34H2/t21-/m0/s1. The minimum absolute atomic E-state index is 0.0156. The number of aromatic nitrogens is 3. The molecule has 2 aliphatic heterocycles. The van der Waals surface area contributed by atoms with Crippen LogP contribution >= 0.6 is 0 Å². The van der Waals surface area contributed by atoms with E-state index in [0.717, 1.165) is 31.5 Å². The monoisotopic (exact) mass is 584 g/mol. The van der Waals surface area contributed by atoms with Gasteiger partial charge in [-0.25, -0.2) is 14.1 Å². The van der Waals surface area contributed by atoms with Crippen molar-refractivity contribution in [3.63, 3.8) is 0 Å². The van der Waals surface area contributed by atoms with E-state index >= 15 is 4.39 Å². The van der Waals surface area contributed by atoms with Gasteiger partial charge >= 0.3 is 6.18 Å². The molecular formula is C29H28F4N6O3. The van der Waals surface area contributed by atoms with Crippen LogP contribution in [0.25, 0.3) is 5.69 Å². The second-order valence-corrected chi connectivity index (χ2v) is 10.8. The Labute approximate surface area is 238 Å². The van der Waals surface area contributed by atoms with Crippen molar-refractivity contribution in [3.8, 4) is 11.4 Å². The summed E-state index contributed by atoms with van der Waals surface area (Å²) in [6.07, 6.45) is 0.560. The summed E-state index contributed by atoms with van der Waals surface area (Å²) < 4.78 is 56.4. The molecule has 220 valence electrons. The largest absolute Gasteiger partial charge is 0.506 e. The van der Waals surface area contributed by atoms with E-state index in [4.69, 9.17) is 10.8 Å². The number of anilines is 1. The first-order valence-corrected chi connectivity index (χ1v) is 13.7. The third kappa shape index (κ3) is 4.47. The van der Waals surface area contributed by atoms with Gasteiger partial charge in [-0.2, -0.15) is 18.3 Å². The summed E-state index contributed by atoms with van der Waals surface area (Å²) >= 11 is 0. The predicted octanol–water partition coefficient (Wildman–Crippen LogP) is 4.29. The maximum atomic E-state index is 15.4. The Hall–Kier alpha value is -4.42. The number of hydrogen-bond acceptors (Lipinski definition) is 6. The van der Waals surface area contributed by atoms with Crippen LogP contribution in [0.3, 0.4) is 0 Å². The summed E-state index contributed by atoms with van der Waals surface area (Å²) in [6.45, 7) is 4.02. The van der Waals surface area contributed by atoms with E-state index in [-0.39, 0.29) is 49.1 Å². The van der Waals surface area contributed by atoms with Crippen LogP contribution in [-0.2, 0) is 23.8 Å². The SMILES string of the molecule is C=CC(=O)N1CCc2nn(-c3ccc(C4CCC4)c(F)c3N)c3c2[C@H](C1)N(C(=O)c1cnc(C(F)(F)F)c(O)c1)CC3. The van der Waals surface area contributed by atoms with Gasteiger partial charge in [0.25, 0.3) is 5.91 Å². The number of aromatic hydroxyl groups is 1. The van der Waals surface area contributed by atoms with Gasteiger partial charge in [0.15, 0.2) is 11.5 Å². The molecule has 6 rings (SSSR count). The molecule has 0 radical (unpaired) electrons. The lowest BCUT2D eigenvalue weighted by Gasteiger charge is -2.38. The normalized spacial score (nSPS) is 18.7. The van der Waals surface area contributed by atoms with Crippen molar-refractivity contribution in [2.45, 2.75) is 50.2 Å². The van der Waals surface area contributed by atoms with E-state index in [1.54, 1.807) is 16.8 Å². The van der Waals surface area contributed by atoms with Gasteiger partial charge in [-0.1, -0.05) is 19.1 Å². The molecule has 13 heteroatoms. The minimum Gasteiger partial charge on any atom is -0.506 e. The van der Waals surface area contributed by atoms with Crippen LogP contribution in [0.1, 0.15) is 69.8 Å². The Morgan fingerprint density at radius 1 is 1.17 bits per heavy atom. The molecule has 1 atom stereocenters. The average Bonchev–Trinajstić information content (AvgIpc) is 3.18. The third-order valence-electron chi connectivity index (χ3n) is 8.50. The summed E-state index contributed by atoms with van der Waals surface area (Å²) in [5.74, 6) is -2.49. The van der Waals surface area contributed by atoms with Gasteiger partial charge in [0.1, 0.15) is 5.75 Å². The smallest absolute Gasteiger partial charge is 0.437 e. The van der Waals surface area contributed by atoms with Crippen LogP contribution in [0.4, 0.5) is 23.2 Å². The number of hydrogen-bond donors (Lipinski definition) is 2. The Morgan fingerprint density at radius 3 is 2.57 bits per heavy atom. The lowest BCUT2D eigenvalue weighted by molar-refractivity contribution is -0.142. The van der Waals surface area contributed by atoms with Crippen molar-refractivity contribution in [2.75, 3.05) is 25.4 Å². The molecule has 3 aromatic rings. The Balaban J connectivity index is 1.41. The molecule has 4 heterocycles. The zero-order chi connectivity index (χ0) is 29.9. The highest BCUT2D eigenvalue weighted by atomic mass is 19.4. The third-order valence-corrected chi connectivity index (χ3v) is 8.50. The van der Waals surface area contributed by atoms with Gasteiger partial charge in [0.05, 0.1) is 34.4 Å². The molecule has 3 aliphatic rings. The number of nitrogens with zero attached hydrogens (tertiary/aromatic N) is 5. The number of nitrogen functional groups attached to an aromatic ring is 1. The topological polar surface area (TPSA) is 118 Å². The number of nitrogens with two attached hydrogens (primary N) is 1. The van der Waals surface area contributed by atoms with Crippen molar-refractivity contribution in [2.24, 2.45) is 0 Å². The van der Waals surface area contributed by atoms with Crippen molar-refractivity contribution in [1.29, 1.82) is 0 Å². The number of benzene rings is 1. The maximum absolute atomic E-state index is 15.4. The Kier molecular flexibility index (Phi) is 6.70. The van der Waals surface area contributed by atoms with E-state index in [0.29, 0.717) is 34.6 Å². The molecule has 1 aliphatic carbocycles. The number of alkyl halides is 3. The number of carbonyl (C=O) groups is 2. The molecule has 2 aromatic heterocycles. The van der Waals surface area contributed by atoms with E-state index in [9.17, 15) is 27.9 Å². The van der Waals surface area contributed by atoms with Crippen LogP contribution in [-0.4, -0.2) is 61.1 Å². The number of amides is 2. The number of pyridine rings is 1. The molecule has 2 amide bonds. The molecule has 1 saturated carbocycles. The molecule has 42 heavy (non-hydrogen) atoms. The summed E-state index contributed by atoms with van der Waals surface area (Å²) in [5, 5.41) is 14.8. The number of carbonyl (C=O) groups excluding carboxylic acids is 2. The van der Waals surface area contributed by atoms with Crippen LogP contribution in [0, 0.1) is 5.82 Å². The molecule has 9 nitrogen and oxygen atoms in total. The molecule has 1 aromatic carbocycles. The van der Waals surface area contributed by atoms with Crippen molar-refractivity contribution in [1.82, 2.24) is 24.6 Å². The molecular weight excluding hydrogens is 556 g/mol. The van der Waals surface area contributed by atoms with E-state index in [2.05, 4.69) is 11.6 Å².